The minimum absolute atomic E-state index is 0.0304. The molecule has 1 N–H and O–H groups in total. The lowest BCUT2D eigenvalue weighted by atomic mass is 9.99. The van der Waals surface area contributed by atoms with Crippen molar-refractivity contribution in [1.82, 2.24) is 19.3 Å². The van der Waals surface area contributed by atoms with E-state index in [2.05, 4.69) is 10.1 Å². The van der Waals surface area contributed by atoms with E-state index in [1.165, 1.54) is 12.1 Å². The molecule has 0 saturated heterocycles. The van der Waals surface area contributed by atoms with Crippen molar-refractivity contribution in [2.45, 2.75) is 19.1 Å². The lowest BCUT2D eigenvalue weighted by molar-refractivity contribution is -0.141. The van der Waals surface area contributed by atoms with Crippen LogP contribution in [-0.2, 0) is 19.1 Å². The van der Waals surface area contributed by atoms with Gasteiger partial charge in [0.05, 0.1) is 22.0 Å². The van der Waals surface area contributed by atoms with Gasteiger partial charge in [0, 0.05) is 30.9 Å². The number of carboxylic acids is 1. The van der Waals surface area contributed by atoms with Crippen LogP contribution in [-0.4, -0.2) is 30.4 Å². The van der Waals surface area contributed by atoms with Gasteiger partial charge in [-0.1, -0.05) is 60.1 Å². The van der Waals surface area contributed by atoms with Gasteiger partial charge in [0.1, 0.15) is 5.82 Å². The van der Waals surface area contributed by atoms with Crippen molar-refractivity contribution in [2.24, 2.45) is 0 Å². The lowest BCUT2D eigenvalue weighted by Crippen LogP contribution is -2.09. The van der Waals surface area contributed by atoms with E-state index in [1.807, 2.05) is 34.9 Å². The van der Waals surface area contributed by atoms with Crippen LogP contribution in [0.4, 0.5) is 13.2 Å². The minimum Gasteiger partial charge on any atom is -0.478 e. The van der Waals surface area contributed by atoms with Crippen LogP contribution >= 0.6 is 11.6 Å². The SMILES string of the molecule is O=C(O)c1ccc(-c2cc(C(F)(F)F)nn2-c2ccccc2Cl)cc1Cc1nccn1Cc1ccccc1. The standard InChI is InChI=1S/C28H20ClF3N4O2/c29-22-8-4-5-9-23(22)36-24(16-25(34-36)28(30,31)32)19-10-11-21(27(37)38)20(14-19)15-26-33-12-13-35(26)17-18-6-2-1-3-7-18/h1-14,16H,15,17H2,(H,37,38). The number of rotatable bonds is 7. The second kappa shape index (κ2) is 10.2. The molecule has 0 aliphatic rings. The average molecular weight is 537 g/mol. The number of alkyl halides is 3. The van der Waals surface area contributed by atoms with Crippen LogP contribution in [0.5, 0.6) is 0 Å². The van der Waals surface area contributed by atoms with Crippen molar-refractivity contribution in [3.8, 4) is 16.9 Å². The number of imidazole rings is 1. The summed E-state index contributed by atoms with van der Waals surface area (Å²) in [5, 5.41) is 13.8. The second-order valence-corrected chi connectivity index (χ2v) is 8.99. The maximum atomic E-state index is 13.6. The summed E-state index contributed by atoms with van der Waals surface area (Å²) < 4.78 is 44.0. The first-order chi connectivity index (χ1) is 18.2. The second-order valence-electron chi connectivity index (χ2n) is 8.59. The van der Waals surface area contributed by atoms with Crippen LogP contribution in [0.3, 0.4) is 0 Å². The van der Waals surface area contributed by atoms with Crippen LogP contribution in [0.1, 0.15) is 33.0 Å². The maximum absolute atomic E-state index is 13.6. The van der Waals surface area contributed by atoms with E-state index >= 15 is 0 Å². The third kappa shape index (κ3) is 5.19. The Kier molecular flexibility index (Phi) is 6.77. The van der Waals surface area contributed by atoms with Crippen molar-refractivity contribution in [1.29, 1.82) is 0 Å². The highest BCUT2D eigenvalue weighted by Gasteiger charge is 2.35. The number of hydrogen-bond acceptors (Lipinski definition) is 3. The number of hydrogen-bond donors (Lipinski definition) is 1. The molecule has 0 radical (unpaired) electrons. The number of halogens is 4. The van der Waals surface area contributed by atoms with Crippen molar-refractivity contribution in [3.63, 3.8) is 0 Å². The van der Waals surface area contributed by atoms with E-state index < -0.39 is 17.8 Å². The van der Waals surface area contributed by atoms with Crippen molar-refractivity contribution in [2.75, 3.05) is 0 Å². The Bertz CT molecular complexity index is 1610. The smallest absolute Gasteiger partial charge is 0.435 e. The highest BCUT2D eigenvalue weighted by atomic mass is 35.5. The van der Waals surface area contributed by atoms with Gasteiger partial charge in [0.2, 0.25) is 0 Å². The molecule has 6 nitrogen and oxygen atoms in total. The molecule has 0 saturated carbocycles. The van der Waals surface area contributed by atoms with Gasteiger partial charge in [-0.15, -0.1) is 0 Å². The molecule has 3 aromatic carbocycles. The lowest BCUT2D eigenvalue weighted by Gasteiger charge is -2.13. The predicted octanol–water partition coefficient (Wildman–Crippen LogP) is 6.75. The summed E-state index contributed by atoms with van der Waals surface area (Å²) in [4.78, 5) is 16.4. The summed E-state index contributed by atoms with van der Waals surface area (Å²) in [7, 11) is 0. The largest absolute Gasteiger partial charge is 0.478 e. The third-order valence-corrected chi connectivity index (χ3v) is 6.38. The summed E-state index contributed by atoms with van der Waals surface area (Å²) in [6, 6.07) is 21.5. The fourth-order valence-electron chi connectivity index (χ4n) is 4.24. The van der Waals surface area contributed by atoms with Crippen molar-refractivity contribution in [3.05, 3.63) is 124 Å². The van der Waals surface area contributed by atoms with Crippen LogP contribution < -0.4 is 0 Å². The van der Waals surface area contributed by atoms with Crippen LogP contribution in [0, 0.1) is 0 Å². The summed E-state index contributed by atoms with van der Waals surface area (Å²) in [6.07, 6.45) is -1.10. The predicted molar refractivity (Wildman–Crippen MR) is 137 cm³/mol. The van der Waals surface area contributed by atoms with E-state index in [0.29, 0.717) is 23.5 Å². The highest BCUT2D eigenvalue weighted by molar-refractivity contribution is 6.32. The first-order valence-electron chi connectivity index (χ1n) is 11.5. The molecule has 0 unspecified atom stereocenters. The molecule has 0 spiro atoms. The van der Waals surface area contributed by atoms with Gasteiger partial charge < -0.3 is 9.67 Å². The molecule has 5 rings (SSSR count). The Labute approximate surface area is 220 Å². The summed E-state index contributed by atoms with van der Waals surface area (Å²) in [5.74, 6) is -0.535. The molecule has 38 heavy (non-hydrogen) atoms. The molecule has 10 heteroatoms. The first kappa shape index (κ1) is 25.3. The molecule has 0 atom stereocenters. The summed E-state index contributed by atoms with van der Waals surface area (Å²) in [5.41, 5.74) is 1.13. The molecule has 2 heterocycles. The first-order valence-corrected chi connectivity index (χ1v) is 11.9. The number of carboxylic acid groups (broad SMARTS) is 1. The van der Waals surface area contributed by atoms with Gasteiger partial charge in [-0.05, 0) is 41.5 Å². The van der Waals surface area contributed by atoms with Crippen LogP contribution in [0.15, 0.2) is 91.3 Å². The zero-order valence-electron chi connectivity index (χ0n) is 19.7. The Morgan fingerprint density at radius 1 is 0.974 bits per heavy atom. The van der Waals surface area contributed by atoms with Gasteiger partial charge in [-0.3, -0.25) is 0 Å². The minimum atomic E-state index is -4.69. The third-order valence-electron chi connectivity index (χ3n) is 6.06. The number of para-hydroxylation sites is 1. The van der Waals surface area contributed by atoms with Gasteiger partial charge in [0.25, 0.3) is 0 Å². The Hall–Kier alpha value is -4.37. The average Bonchev–Trinajstić information content (AvgIpc) is 3.52. The normalized spacial score (nSPS) is 11.6. The Morgan fingerprint density at radius 3 is 2.42 bits per heavy atom. The Morgan fingerprint density at radius 2 is 1.71 bits per heavy atom. The fraction of sp³-hybridized carbons (Fsp3) is 0.107. The van der Waals surface area contributed by atoms with Crippen molar-refractivity contribution < 1.29 is 23.1 Å². The molecule has 2 aromatic heterocycles. The maximum Gasteiger partial charge on any atom is 0.435 e. The monoisotopic (exact) mass is 536 g/mol. The van der Waals surface area contributed by atoms with Crippen molar-refractivity contribution >= 4 is 17.6 Å². The zero-order chi connectivity index (χ0) is 26.9. The van der Waals surface area contributed by atoms with E-state index in [4.69, 9.17) is 11.6 Å². The molecule has 0 amide bonds. The summed E-state index contributed by atoms with van der Waals surface area (Å²) in [6.45, 7) is 0.534. The van der Waals surface area contributed by atoms with Crippen LogP contribution in [0.25, 0.3) is 16.9 Å². The van der Waals surface area contributed by atoms with Crippen LogP contribution in [0.2, 0.25) is 5.02 Å². The molecule has 0 bridgehead atoms. The van der Waals surface area contributed by atoms with Gasteiger partial charge >= 0.3 is 12.1 Å². The van der Waals surface area contributed by atoms with Gasteiger partial charge in [-0.2, -0.15) is 18.3 Å². The molecule has 0 aliphatic carbocycles. The number of aromatic carboxylic acids is 1. The molecule has 192 valence electrons. The fourth-order valence-corrected chi connectivity index (χ4v) is 4.46. The zero-order valence-corrected chi connectivity index (χ0v) is 20.5. The topological polar surface area (TPSA) is 72.9 Å². The molecular weight excluding hydrogens is 517 g/mol. The highest BCUT2D eigenvalue weighted by Crippen LogP contribution is 2.35. The quantitative estimate of drug-likeness (QED) is 0.250. The molecule has 0 fully saturated rings. The molecule has 0 aliphatic heterocycles. The van der Waals surface area contributed by atoms with E-state index in [0.717, 1.165) is 16.3 Å². The number of benzene rings is 3. The molecular formula is C28H20ClF3N4O2. The van der Waals surface area contributed by atoms with E-state index in [9.17, 15) is 23.1 Å². The number of carbonyl (C=O) groups is 1. The Balaban J connectivity index is 1.59. The van der Waals surface area contributed by atoms with E-state index in [1.54, 1.807) is 42.7 Å². The summed E-state index contributed by atoms with van der Waals surface area (Å²) >= 11 is 6.29. The van der Waals surface area contributed by atoms with Gasteiger partial charge in [0.15, 0.2) is 5.69 Å². The molecule has 5 aromatic rings. The van der Waals surface area contributed by atoms with E-state index in [-0.39, 0.29) is 28.4 Å². The van der Waals surface area contributed by atoms with Gasteiger partial charge in [-0.25, -0.2) is 14.5 Å². The number of nitrogens with zero attached hydrogens (tertiary/aromatic N) is 4. The number of aromatic nitrogens is 4.